The van der Waals surface area contributed by atoms with Gasteiger partial charge < -0.3 is 20.1 Å². The number of carbonyl (C=O) groups excluding carboxylic acids is 1. The number of carbonyl (C=O) groups is 1. The fraction of sp³-hybridized carbons (Fsp3) is 0.462. The van der Waals surface area contributed by atoms with Crippen LogP contribution in [0.3, 0.4) is 0 Å². The summed E-state index contributed by atoms with van der Waals surface area (Å²) in [6, 6.07) is 1.82. The summed E-state index contributed by atoms with van der Waals surface area (Å²) in [5, 5.41) is 11.6. The smallest absolute Gasteiger partial charge is 0.403 e. The van der Waals surface area contributed by atoms with E-state index in [-0.39, 0.29) is 18.8 Å². The van der Waals surface area contributed by atoms with Gasteiger partial charge in [-0.25, -0.2) is 9.18 Å². The zero-order valence-electron chi connectivity index (χ0n) is 11.4. The van der Waals surface area contributed by atoms with Gasteiger partial charge in [0, 0.05) is 19.2 Å². The van der Waals surface area contributed by atoms with Crippen LogP contribution in [0.25, 0.3) is 0 Å². The molecule has 22 heavy (non-hydrogen) atoms. The minimum Gasteiger partial charge on any atom is -0.403 e. The van der Waals surface area contributed by atoms with Crippen LogP contribution in [0.2, 0.25) is 0 Å². The van der Waals surface area contributed by atoms with Crippen LogP contribution in [-0.2, 0) is 0 Å². The van der Waals surface area contributed by atoms with E-state index in [9.17, 15) is 27.5 Å². The van der Waals surface area contributed by atoms with E-state index in [1.807, 2.05) is 0 Å². The number of urea groups is 1. The SMILES string of the molecule is O=C(Nc1ccc(F)cc1OC(F)(F)F)N1CCC(O)CC1. The molecule has 1 aromatic carbocycles. The van der Waals surface area contributed by atoms with Gasteiger partial charge >= 0.3 is 12.4 Å². The molecule has 2 amide bonds. The number of alkyl halides is 3. The van der Waals surface area contributed by atoms with Crippen LogP contribution < -0.4 is 10.1 Å². The summed E-state index contributed by atoms with van der Waals surface area (Å²) >= 11 is 0. The molecule has 1 saturated heterocycles. The number of ether oxygens (including phenoxy) is 1. The number of benzene rings is 1. The highest BCUT2D eigenvalue weighted by atomic mass is 19.4. The summed E-state index contributed by atoms with van der Waals surface area (Å²) < 4.78 is 53.6. The van der Waals surface area contributed by atoms with Gasteiger partial charge in [-0.3, -0.25) is 0 Å². The van der Waals surface area contributed by atoms with Crippen molar-refractivity contribution in [3.05, 3.63) is 24.0 Å². The summed E-state index contributed by atoms with van der Waals surface area (Å²) in [4.78, 5) is 13.3. The number of nitrogens with zero attached hydrogens (tertiary/aromatic N) is 1. The molecular weight excluding hydrogens is 308 g/mol. The topological polar surface area (TPSA) is 61.8 Å². The molecule has 0 atom stereocenters. The quantitative estimate of drug-likeness (QED) is 0.823. The molecule has 1 aliphatic heterocycles. The lowest BCUT2D eigenvalue weighted by Crippen LogP contribution is -2.42. The maximum atomic E-state index is 13.1. The van der Waals surface area contributed by atoms with Gasteiger partial charge in [-0.05, 0) is 25.0 Å². The van der Waals surface area contributed by atoms with Crippen LogP contribution in [0.15, 0.2) is 18.2 Å². The predicted octanol–water partition coefficient (Wildman–Crippen LogP) is 2.71. The zero-order valence-corrected chi connectivity index (χ0v) is 11.4. The van der Waals surface area contributed by atoms with Crippen molar-refractivity contribution in [1.82, 2.24) is 4.90 Å². The zero-order chi connectivity index (χ0) is 16.3. The molecular formula is C13H14F4N2O3. The number of hydrogen-bond donors (Lipinski definition) is 2. The van der Waals surface area contributed by atoms with Gasteiger partial charge in [0.15, 0.2) is 5.75 Å². The summed E-state index contributed by atoms with van der Waals surface area (Å²) in [7, 11) is 0. The van der Waals surface area contributed by atoms with Crippen molar-refractivity contribution in [2.45, 2.75) is 25.3 Å². The largest absolute Gasteiger partial charge is 0.573 e. The molecule has 0 bridgehead atoms. The summed E-state index contributed by atoms with van der Waals surface area (Å²) in [6.45, 7) is 0.563. The molecule has 2 N–H and O–H groups in total. The number of halogens is 4. The molecule has 0 spiro atoms. The van der Waals surface area contributed by atoms with Crippen molar-refractivity contribution < 1.29 is 32.2 Å². The third-order valence-corrected chi connectivity index (χ3v) is 3.16. The molecule has 0 aliphatic carbocycles. The Bertz CT molecular complexity index is 543. The van der Waals surface area contributed by atoms with Crippen molar-refractivity contribution in [3.8, 4) is 5.75 Å². The highest BCUT2D eigenvalue weighted by Gasteiger charge is 2.33. The van der Waals surface area contributed by atoms with Crippen molar-refractivity contribution in [2.75, 3.05) is 18.4 Å². The number of nitrogens with one attached hydrogen (secondary N) is 1. The van der Waals surface area contributed by atoms with E-state index in [0.29, 0.717) is 18.9 Å². The van der Waals surface area contributed by atoms with E-state index in [4.69, 9.17) is 0 Å². The molecule has 0 unspecified atom stereocenters. The molecule has 2 rings (SSSR count). The van der Waals surface area contributed by atoms with Gasteiger partial charge in [0.25, 0.3) is 0 Å². The Labute approximate surface area is 123 Å². The number of likely N-dealkylation sites (tertiary alicyclic amines) is 1. The van der Waals surface area contributed by atoms with Gasteiger partial charge in [0.2, 0.25) is 0 Å². The third kappa shape index (κ3) is 4.48. The number of hydrogen-bond acceptors (Lipinski definition) is 3. The van der Waals surface area contributed by atoms with Crippen molar-refractivity contribution >= 4 is 11.7 Å². The minimum absolute atomic E-state index is 0.281. The Hall–Kier alpha value is -2.03. The third-order valence-electron chi connectivity index (χ3n) is 3.16. The van der Waals surface area contributed by atoms with Gasteiger partial charge in [-0.1, -0.05) is 0 Å². The van der Waals surface area contributed by atoms with E-state index in [0.717, 1.165) is 12.1 Å². The van der Waals surface area contributed by atoms with E-state index >= 15 is 0 Å². The fourth-order valence-electron chi connectivity index (χ4n) is 2.07. The molecule has 9 heteroatoms. The molecule has 1 aromatic rings. The molecule has 1 heterocycles. The van der Waals surface area contributed by atoms with Gasteiger partial charge in [0.05, 0.1) is 11.8 Å². The van der Waals surface area contributed by atoms with Gasteiger partial charge in [-0.15, -0.1) is 13.2 Å². The first kappa shape index (κ1) is 16.3. The van der Waals surface area contributed by atoms with Crippen molar-refractivity contribution in [1.29, 1.82) is 0 Å². The molecule has 1 fully saturated rings. The van der Waals surface area contributed by atoms with Gasteiger partial charge in [-0.2, -0.15) is 0 Å². The Morgan fingerprint density at radius 2 is 1.95 bits per heavy atom. The highest BCUT2D eigenvalue weighted by Crippen LogP contribution is 2.31. The number of anilines is 1. The standard InChI is InChI=1S/C13H14F4N2O3/c14-8-1-2-10(11(7-8)22-13(15,16)17)18-12(21)19-5-3-9(20)4-6-19/h1-2,7,9,20H,3-6H2,(H,18,21). The maximum Gasteiger partial charge on any atom is 0.573 e. The highest BCUT2D eigenvalue weighted by molar-refractivity contribution is 5.91. The monoisotopic (exact) mass is 322 g/mol. The molecule has 1 aliphatic rings. The minimum atomic E-state index is -5.00. The van der Waals surface area contributed by atoms with Crippen LogP contribution >= 0.6 is 0 Å². The number of rotatable bonds is 2. The molecule has 5 nitrogen and oxygen atoms in total. The Kier molecular flexibility index (Phi) is 4.74. The summed E-state index contributed by atoms with van der Waals surface area (Å²) in [5.41, 5.74) is -0.283. The van der Waals surface area contributed by atoms with E-state index in [1.165, 1.54) is 4.90 Å². The molecule has 0 radical (unpaired) electrons. The summed E-state index contributed by atoms with van der Waals surface area (Å²) in [5.74, 6) is -1.74. The first-order chi connectivity index (χ1) is 10.2. The van der Waals surface area contributed by atoms with Crippen molar-refractivity contribution in [3.63, 3.8) is 0 Å². The molecule has 0 saturated carbocycles. The Balaban J connectivity index is 2.10. The van der Waals surface area contributed by atoms with Crippen LogP contribution in [0, 0.1) is 5.82 Å². The number of aliphatic hydroxyl groups is 1. The molecule has 0 aromatic heterocycles. The van der Waals surface area contributed by atoms with Crippen molar-refractivity contribution in [2.24, 2.45) is 0 Å². The second-order valence-electron chi connectivity index (χ2n) is 4.84. The lowest BCUT2D eigenvalue weighted by atomic mass is 10.1. The van der Waals surface area contributed by atoms with Gasteiger partial charge in [0.1, 0.15) is 5.82 Å². The number of piperidine rings is 1. The lowest BCUT2D eigenvalue weighted by molar-refractivity contribution is -0.274. The van der Waals surface area contributed by atoms with Crippen LogP contribution in [0.1, 0.15) is 12.8 Å². The first-order valence-electron chi connectivity index (χ1n) is 6.54. The maximum absolute atomic E-state index is 13.1. The average Bonchev–Trinajstić information content (AvgIpc) is 2.41. The summed E-state index contributed by atoms with van der Waals surface area (Å²) in [6.07, 6.45) is -4.70. The normalized spacial score (nSPS) is 16.5. The van der Waals surface area contributed by atoms with E-state index in [1.54, 1.807) is 0 Å². The Morgan fingerprint density at radius 3 is 2.55 bits per heavy atom. The first-order valence-corrected chi connectivity index (χ1v) is 6.54. The lowest BCUT2D eigenvalue weighted by Gasteiger charge is -2.29. The van der Waals surface area contributed by atoms with Crippen LogP contribution in [-0.4, -0.2) is 41.6 Å². The fourth-order valence-corrected chi connectivity index (χ4v) is 2.07. The van der Waals surface area contributed by atoms with E-state index in [2.05, 4.69) is 10.1 Å². The second kappa shape index (κ2) is 6.39. The average molecular weight is 322 g/mol. The molecule has 122 valence electrons. The second-order valence-corrected chi connectivity index (χ2v) is 4.84. The number of amides is 2. The van der Waals surface area contributed by atoms with Crippen LogP contribution in [0.4, 0.5) is 28.0 Å². The number of aliphatic hydroxyl groups excluding tert-OH is 1. The van der Waals surface area contributed by atoms with E-state index < -0.39 is 30.1 Å². The predicted molar refractivity (Wildman–Crippen MR) is 68.9 cm³/mol. The Morgan fingerprint density at radius 1 is 1.32 bits per heavy atom. The van der Waals surface area contributed by atoms with Crippen LogP contribution in [0.5, 0.6) is 5.75 Å².